The van der Waals surface area contributed by atoms with Gasteiger partial charge in [-0.2, -0.15) is 0 Å². The van der Waals surface area contributed by atoms with Gasteiger partial charge >= 0.3 is 0 Å². The molecule has 8 heteroatoms. The second kappa shape index (κ2) is 11.4. The molecule has 0 N–H and O–H groups in total. The summed E-state index contributed by atoms with van der Waals surface area (Å²) in [6.45, 7) is 4.03. The van der Waals surface area contributed by atoms with Gasteiger partial charge in [0.15, 0.2) is 0 Å². The van der Waals surface area contributed by atoms with Gasteiger partial charge in [0, 0.05) is 75.3 Å². The van der Waals surface area contributed by atoms with E-state index >= 15 is 0 Å². The molecule has 7 nitrogen and oxygen atoms in total. The van der Waals surface area contributed by atoms with Crippen LogP contribution < -0.4 is 4.74 Å². The minimum atomic E-state index is -0.114. The number of ether oxygens (including phenoxy) is 1. The molecule has 1 aromatic carbocycles. The summed E-state index contributed by atoms with van der Waals surface area (Å²) in [7, 11) is 0. The number of carbonyl (C=O) groups excluding carboxylic acids is 3. The van der Waals surface area contributed by atoms with Crippen molar-refractivity contribution in [3.63, 3.8) is 0 Å². The number of hydrogen-bond donors (Lipinski definition) is 0. The molecule has 180 valence electrons. The summed E-state index contributed by atoms with van der Waals surface area (Å²) in [5.41, 5.74) is 0. The molecule has 0 aliphatic carbocycles. The van der Waals surface area contributed by atoms with Gasteiger partial charge in [0.2, 0.25) is 17.7 Å². The Labute approximate surface area is 204 Å². The number of rotatable bonds is 7. The van der Waals surface area contributed by atoms with Crippen LogP contribution in [0.1, 0.15) is 51.4 Å². The Bertz CT molecular complexity index is 858. The van der Waals surface area contributed by atoms with E-state index in [1.807, 2.05) is 34.1 Å². The first kappa shape index (κ1) is 24.0. The van der Waals surface area contributed by atoms with E-state index in [2.05, 4.69) is 15.9 Å². The maximum absolute atomic E-state index is 13.0. The standard InChI is InChI=1S/C25H34BrN3O4/c26-20-6-4-7-21(17-20)33-22-9-14-29(24(31)10-15-28-13-5-8-23(28)30)18-19(22)16-25(32)27-11-2-1-3-12-27/h4,6-7,17,19,22H,1-3,5,8-16,18H2/t19-,22-/m0/s1. The van der Waals surface area contributed by atoms with Gasteiger partial charge in [-0.05, 0) is 43.9 Å². The monoisotopic (exact) mass is 519 g/mol. The van der Waals surface area contributed by atoms with Crippen molar-refractivity contribution < 1.29 is 19.1 Å². The van der Waals surface area contributed by atoms with E-state index in [1.165, 1.54) is 6.42 Å². The van der Waals surface area contributed by atoms with E-state index in [9.17, 15) is 14.4 Å². The van der Waals surface area contributed by atoms with Gasteiger partial charge in [0.1, 0.15) is 11.9 Å². The van der Waals surface area contributed by atoms with Gasteiger partial charge < -0.3 is 19.4 Å². The molecule has 3 amide bonds. The molecule has 0 radical (unpaired) electrons. The Hall–Kier alpha value is -2.09. The van der Waals surface area contributed by atoms with Gasteiger partial charge in [-0.25, -0.2) is 0 Å². The van der Waals surface area contributed by atoms with Crippen LogP contribution in [0.15, 0.2) is 28.7 Å². The molecular weight excluding hydrogens is 486 g/mol. The molecule has 0 spiro atoms. The number of benzene rings is 1. The van der Waals surface area contributed by atoms with Crippen molar-refractivity contribution in [3.8, 4) is 5.75 Å². The van der Waals surface area contributed by atoms with Gasteiger partial charge in [0.05, 0.1) is 0 Å². The smallest absolute Gasteiger partial charge is 0.224 e. The SMILES string of the molecule is O=C1CCCN1CCC(=O)N1CC[C@H](Oc2cccc(Br)c2)[C@@H](CC(=O)N2CCCCC2)C1. The number of hydrogen-bond acceptors (Lipinski definition) is 4. The van der Waals surface area contributed by atoms with Crippen LogP contribution in [-0.2, 0) is 14.4 Å². The number of amides is 3. The van der Waals surface area contributed by atoms with Crippen molar-refractivity contribution in [2.45, 2.75) is 57.5 Å². The summed E-state index contributed by atoms with van der Waals surface area (Å²) in [5.74, 6) is 1.10. The van der Waals surface area contributed by atoms with Crippen LogP contribution in [-0.4, -0.2) is 77.8 Å². The molecule has 2 atom stereocenters. The third kappa shape index (κ3) is 6.49. The zero-order chi connectivity index (χ0) is 23.2. The molecule has 0 bridgehead atoms. The van der Waals surface area contributed by atoms with Crippen LogP contribution >= 0.6 is 15.9 Å². The second-order valence-electron chi connectivity index (χ2n) is 9.38. The van der Waals surface area contributed by atoms with Crippen molar-refractivity contribution >= 4 is 33.7 Å². The Morgan fingerprint density at radius 3 is 2.55 bits per heavy atom. The lowest BCUT2D eigenvalue weighted by Crippen LogP contribution is -2.50. The summed E-state index contributed by atoms with van der Waals surface area (Å²) in [4.78, 5) is 43.5. The lowest BCUT2D eigenvalue weighted by Gasteiger charge is -2.39. The minimum Gasteiger partial charge on any atom is -0.490 e. The molecular formula is C25H34BrN3O4. The highest BCUT2D eigenvalue weighted by Crippen LogP contribution is 2.28. The predicted octanol–water partition coefficient (Wildman–Crippen LogP) is 3.46. The summed E-state index contributed by atoms with van der Waals surface area (Å²) in [6, 6.07) is 7.76. The summed E-state index contributed by atoms with van der Waals surface area (Å²) < 4.78 is 7.28. The summed E-state index contributed by atoms with van der Waals surface area (Å²) in [5, 5.41) is 0. The van der Waals surface area contributed by atoms with Crippen molar-refractivity contribution in [3.05, 3.63) is 28.7 Å². The Kier molecular flexibility index (Phi) is 8.28. The van der Waals surface area contributed by atoms with Crippen LogP contribution in [0.5, 0.6) is 5.75 Å². The van der Waals surface area contributed by atoms with Crippen LogP contribution in [0.3, 0.4) is 0 Å². The average molecular weight is 520 g/mol. The minimum absolute atomic E-state index is 0.0514. The molecule has 3 aliphatic rings. The predicted molar refractivity (Wildman–Crippen MR) is 129 cm³/mol. The number of piperidine rings is 2. The normalized spacial score (nSPS) is 23.7. The first-order valence-electron chi connectivity index (χ1n) is 12.2. The molecule has 3 fully saturated rings. The van der Waals surface area contributed by atoms with E-state index in [0.29, 0.717) is 45.3 Å². The van der Waals surface area contributed by atoms with Gasteiger partial charge in [-0.3, -0.25) is 14.4 Å². The fourth-order valence-corrected chi connectivity index (χ4v) is 5.51. The Morgan fingerprint density at radius 2 is 1.82 bits per heavy atom. The Balaban J connectivity index is 1.39. The molecule has 1 aromatic rings. The molecule has 3 heterocycles. The molecule has 3 saturated heterocycles. The topological polar surface area (TPSA) is 70.2 Å². The molecule has 33 heavy (non-hydrogen) atoms. The van der Waals surface area contributed by atoms with E-state index in [-0.39, 0.29) is 29.7 Å². The average Bonchev–Trinajstić information content (AvgIpc) is 3.23. The number of halogens is 1. The van der Waals surface area contributed by atoms with Crippen LogP contribution in [0.2, 0.25) is 0 Å². The Morgan fingerprint density at radius 1 is 1.00 bits per heavy atom. The molecule has 3 aliphatic heterocycles. The third-order valence-electron chi connectivity index (χ3n) is 7.01. The fraction of sp³-hybridized carbons (Fsp3) is 0.640. The number of carbonyl (C=O) groups is 3. The van der Waals surface area contributed by atoms with Crippen LogP contribution in [0, 0.1) is 5.92 Å². The highest BCUT2D eigenvalue weighted by atomic mass is 79.9. The quantitative estimate of drug-likeness (QED) is 0.553. The maximum atomic E-state index is 13.0. The van der Waals surface area contributed by atoms with E-state index in [1.54, 1.807) is 4.90 Å². The van der Waals surface area contributed by atoms with Crippen molar-refractivity contribution in [1.82, 2.24) is 14.7 Å². The lowest BCUT2D eigenvalue weighted by molar-refractivity contribution is -0.140. The zero-order valence-electron chi connectivity index (χ0n) is 19.2. The largest absolute Gasteiger partial charge is 0.490 e. The highest BCUT2D eigenvalue weighted by molar-refractivity contribution is 9.10. The first-order valence-corrected chi connectivity index (χ1v) is 13.0. The van der Waals surface area contributed by atoms with Crippen molar-refractivity contribution in [1.29, 1.82) is 0 Å². The van der Waals surface area contributed by atoms with Gasteiger partial charge in [0.25, 0.3) is 0 Å². The molecule has 4 rings (SSSR count). The molecule has 0 saturated carbocycles. The number of nitrogens with zero attached hydrogens (tertiary/aromatic N) is 3. The van der Waals surface area contributed by atoms with E-state index in [0.717, 1.165) is 49.1 Å². The highest BCUT2D eigenvalue weighted by Gasteiger charge is 2.35. The summed E-state index contributed by atoms with van der Waals surface area (Å²) in [6.07, 6.45) is 6.10. The maximum Gasteiger partial charge on any atom is 0.224 e. The van der Waals surface area contributed by atoms with Gasteiger partial charge in [-0.1, -0.05) is 22.0 Å². The zero-order valence-corrected chi connectivity index (χ0v) is 20.8. The fourth-order valence-electron chi connectivity index (χ4n) is 5.13. The molecule has 0 aromatic heterocycles. The lowest BCUT2D eigenvalue weighted by atomic mass is 9.90. The molecule has 0 unspecified atom stereocenters. The first-order chi connectivity index (χ1) is 16.0. The third-order valence-corrected chi connectivity index (χ3v) is 7.51. The van der Waals surface area contributed by atoms with Crippen molar-refractivity contribution in [2.75, 3.05) is 39.3 Å². The number of likely N-dealkylation sites (tertiary alicyclic amines) is 3. The van der Waals surface area contributed by atoms with E-state index in [4.69, 9.17) is 4.74 Å². The van der Waals surface area contributed by atoms with Crippen LogP contribution in [0.4, 0.5) is 0 Å². The van der Waals surface area contributed by atoms with Crippen LogP contribution in [0.25, 0.3) is 0 Å². The van der Waals surface area contributed by atoms with Gasteiger partial charge in [-0.15, -0.1) is 0 Å². The second-order valence-corrected chi connectivity index (χ2v) is 10.3. The van der Waals surface area contributed by atoms with Crippen molar-refractivity contribution in [2.24, 2.45) is 5.92 Å². The summed E-state index contributed by atoms with van der Waals surface area (Å²) >= 11 is 3.49. The van der Waals surface area contributed by atoms with E-state index < -0.39 is 0 Å².